The van der Waals surface area contributed by atoms with Gasteiger partial charge in [0.05, 0.1) is 0 Å². The van der Waals surface area contributed by atoms with Gasteiger partial charge in [-0.3, -0.25) is 9.59 Å². The molecule has 6 heteroatoms. The Morgan fingerprint density at radius 3 is 1.32 bits per heavy atom. The number of nitrogens with one attached hydrogen (secondary N) is 2. The lowest BCUT2D eigenvalue weighted by molar-refractivity contribution is -0.114. The molecule has 0 bridgehead atoms. The number of carbonyl (C=O) groups is 2. The van der Waals surface area contributed by atoms with Crippen molar-refractivity contribution in [1.29, 1.82) is 0 Å². The van der Waals surface area contributed by atoms with Crippen LogP contribution < -0.4 is 10.6 Å². The van der Waals surface area contributed by atoms with E-state index >= 15 is 0 Å². The highest BCUT2D eigenvalue weighted by Gasteiger charge is 2.01. The Bertz CT molecular complexity index is 634. The van der Waals surface area contributed by atoms with Gasteiger partial charge in [-0.2, -0.15) is 0 Å². The lowest BCUT2D eigenvalue weighted by Crippen LogP contribution is -2.11. The van der Waals surface area contributed by atoms with Gasteiger partial charge in [-0.25, -0.2) is 0 Å². The summed E-state index contributed by atoms with van der Waals surface area (Å²) in [7, 11) is 0. The van der Waals surface area contributed by atoms with Gasteiger partial charge in [0.25, 0.3) is 0 Å². The zero-order valence-electron chi connectivity index (χ0n) is 11.3. The van der Waals surface area contributed by atoms with E-state index in [1.54, 1.807) is 24.3 Å². The Labute approximate surface area is 144 Å². The van der Waals surface area contributed by atoms with E-state index < -0.39 is 0 Å². The number of anilines is 2. The first-order chi connectivity index (χ1) is 10.5. The van der Waals surface area contributed by atoms with E-state index in [4.69, 9.17) is 0 Å². The maximum atomic E-state index is 11.7. The first kappa shape index (κ1) is 16.5. The van der Waals surface area contributed by atoms with Crippen LogP contribution in [0.25, 0.3) is 0 Å². The zero-order chi connectivity index (χ0) is 15.9. The smallest absolute Gasteiger partial charge is 0.248 e. The normalized spacial score (nSPS) is 10.5. The van der Waals surface area contributed by atoms with E-state index in [1.807, 2.05) is 24.3 Å². The third kappa shape index (κ3) is 5.46. The van der Waals surface area contributed by atoms with Gasteiger partial charge in [0, 0.05) is 32.5 Å². The van der Waals surface area contributed by atoms with Crippen LogP contribution in [0.2, 0.25) is 0 Å². The summed E-state index contributed by atoms with van der Waals surface area (Å²) in [4.78, 5) is 23.4. The molecule has 0 radical (unpaired) electrons. The van der Waals surface area contributed by atoms with Crippen LogP contribution in [0.1, 0.15) is 0 Å². The average Bonchev–Trinajstić information content (AvgIpc) is 2.50. The summed E-state index contributed by atoms with van der Waals surface area (Å²) >= 11 is 6.63. The molecule has 0 saturated heterocycles. The molecule has 2 N–H and O–H groups in total. The maximum Gasteiger partial charge on any atom is 0.248 e. The number of hydrogen-bond acceptors (Lipinski definition) is 2. The first-order valence-corrected chi connectivity index (χ1v) is 7.93. The molecule has 0 atom stereocenters. The second kappa shape index (κ2) is 7.91. The molecule has 2 amide bonds. The number of amides is 2. The molecule has 0 fully saturated rings. The molecule has 2 aromatic carbocycles. The molecule has 22 heavy (non-hydrogen) atoms. The highest BCUT2D eigenvalue weighted by molar-refractivity contribution is 9.10. The van der Waals surface area contributed by atoms with Crippen LogP contribution in [0.3, 0.4) is 0 Å². The standard InChI is InChI=1S/C16H12Br2N2O2/c17-11-1-5-13(6-2-11)19-15(21)9-10-16(22)20-14-7-3-12(18)4-8-14/h1-10H,(H,19,21)(H,20,22)/b10-9-. The van der Waals surface area contributed by atoms with Crippen molar-refractivity contribution < 1.29 is 9.59 Å². The summed E-state index contributed by atoms with van der Waals surface area (Å²) in [5, 5.41) is 5.33. The molecule has 0 aromatic heterocycles. The van der Waals surface area contributed by atoms with E-state index in [2.05, 4.69) is 42.5 Å². The number of rotatable bonds is 4. The predicted octanol–water partition coefficient (Wildman–Crippen LogP) is 4.35. The van der Waals surface area contributed by atoms with Crippen molar-refractivity contribution in [3.8, 4) is 0 Å². The lowest BCUT2D eigenvalue weighted by atomic mass is 10.3. The number of carbonyl (C=O) groups excluding carboxylic acids is 2. The number of hydrogen-bond donors (Lipinski definition) is 2. The van der Waals surface area contributed by atoms with Crippen LogP contribution in [0, 0.1) is 0 Å². The molecule has 0 heterocycles. The van der Waals surface area contributed by atoms with E-state index in [1.165, 1.54) is 12.2 Å². The van der Waals surface area contributed by atoms with Gasteiger partial charge in [0.1, 0.15) is 0 Å². The van der Waals surface area contributed by atoms with Crippen molar-refractivity contribution in [2.45, 2.75) is 0 Å². The third-order valence-corrected chi connectivity index (χ3v) is 3.67. The third-order valence-electron chi connectivity index (χ3n) is 2.61. The fraction of sp³-hybridized carbons (Fsp3) is 0. The van der Waals surface area contributed by atoms with Crippen LogP contribution in [-0.4, -0.2) is 11.8 Å². The average molecular weight is 424 g/mol. The van der Waals surface area contributed by atoms with E-state index in [9.17, 15) is 9.59 Å². The van der Waals surface area contributed by atoms with Crippen molar-refractivity contribution in [1.82, 2.24) is 0 Å². The highest BCUT2D eigenvalue weighted by atomic mass is 79.9. The molecule has 2 rings (SSSR count). The van der Waals surface area contributed by atoms with Gasteiger partial charge in [0.2, 0.25) is 11.8 Å². The summed E-state index contributed by atoms with van der Waals surface area (Å²) in [6, 6.07) is 14.3. The minimum absolute atomic E-state index is 0.367. The zero-order valence-corrected chi connectivity index (χ0v) is 14.5. The Hall–Kier alpha value is -1.92. The summed E-state index contributed by atoms with van der Waals surface area (Å²) in [6.07, 6.45) is 2.38. The van der Waals surface area contributed by atoms with Crippen molar-refractivity contribution in [3.63, 3.8) is 0 Å². The van der Waals surface area contributed by atoms with E-state index in [0.29, 0.717) is 11.4 Å². The van der Waals surface area contributed by atoms with Crippen molar-refractivity contribution >= 4 is 55.0 Å². The lowest BCUT2D eigenvalue weighted by Gasteiger charge is -2.03. The van der Waals surface area contributed by atoms with Crippen molar-refractivity contribution in [3.05, 3.63) is 69.6 Å². The second-order valence-electron chi connectivity index (χ2n) is 4.33. The van der Waals surface area contributed by atoms with Crippen molar-refractivity contribution in [2.24, 2.45) is 0 Å². The molecular formula is C16H12Br2N2O2. The largest absolute Gasteiger partial charge is 0.323 e. The molecule has 0 spiro atoms. The second-order valence-corrected chi connectivity index (χ2v) is 6.16. The van der Waals surface area contributed by atoms with Gasteiger partial charge in [0.15, 0.2) is 0 Å². The molecule has 4 nitrogen and oxygen atoms in total. The SMILES string of the molecule is O=C(/C=C\C(=O)Nc1ccc(Br)cc1)Nc1ccc(Br)cc1. The van der Waals surface area contributed by atoms with Crippen LogP contribution in [0.5, 0.6) is 0 Å². The Kier molecular flexibility index (Phi) is 5.91. The van der Waals surface area contributed by atoms with Gasteiger partial charge in [-0.1, -0.05) is 31.9 Å². The summed E-state index contributed by atoms with van der Waals surface area (Å²) in [5.74, 6) is -0.735. The fourth-order valence-electron chi connectivity index (χ4n) is 1.59. The van der Waals surface area contributed by atoms with Gasteiger partial charge >= 0.3 is 0 Å². The fourth-order valence-corrected chi connectivity index (χ4v) is 2.11. The molecule has 0 aliphatic carbocycles. The number of halogens is 2. The van der Waals surface area contributed by atoms with Gasteiger partial charge in [-0.15, -0.1) is 0 Å². The molecule has 0 saturated carbocycles. The van der Waals surface area contributed by atoms with Gasteiger partial charge < -0.3 is 10.6 Å². The Balaban J connectivity index is 1.87. The molecular weight excluding hydrogens is 412 g/mol. The molecule has 0 unspecified atom stereocenters. The minimum atomic E-state index is -0.367. The Morgan fingerprint density at radius 1 is 0.682 bits per heavy atom. The van der Waals surface area contributed by atoms with Crippen LogP contribution in [0.4, 0.5) is 11.4 Å². The Morgan fingerprint density at radius 2 is 1.00 bits per heavy atom. The first-order valence-electron chi connectivity index (χ1n) is 6.34. The topological polar surface area (TPSA) is 58.2 Å². The van der Waals surface area contributed by atoms with Crippen LogP contribution >= 0.6 is 31.9 Å². The summed E-state index contributed by atoms with van der Waals surface area (Å²) < 4.78 is 1.85. The van der Waals surface area contributed by atoms with E-state index in [0.717, 1.165) is 8.95 Å². The molecule has 2 aromatic rings. The maximum absolute atomic E-state index is 11.7. The van der Waals surface area contributed by atoms with Crippen LogP contribution in [0.15, 0.2) is 69.6 Å². The molecule has 0 aliphatic heterocycles. The van der Waals surface area contributed by atoms with E-state index in [-0.39, 0.29) is 11.8 Å². The quantitative estimate of drug-likeness (QED) is 0.718. The summed E-state index contributed by atoms with van der Waals surface area (Å²) in [6.45, 7) is 0. The number of benzene rings is 2. The van der Waals surface area contributed by atoms with Gasteiger partial charge in [-0.05, 0) is 48.5 Å². The monoisotopic (exact) mass is 422 g/mol. The summed E-state index contributed by atoms with van der Waals surface area (Å²) in [5.41, 5.74) is 1.32. The molecule has 0 aliphatic rings. The highest BCUT2D eigenvalue weighted by Crippen LogP contribution is 2.15. The van der Waals surface area contributed by atoms with Crippen LogP contribution in [-0.2, 0) is 9.59 Å². The molecule has 112 valence electrons. The predicted molar refractivity (Wildman–Crippen MR) is 94.7 cm³/mol. The minimum Gasteiger partial charge on any atom is -0.323 e. The van der Waals surface area contributed by atoms with Crippen molar-refractivity contribution in [2.75, 3.05) is 10.6 Å².